The number of nitrogens with one attached hydrogen (secondary N) is 1. The predicted octanol–water partition coefficient (Wildman–Crippen LogP) is 5.04. The van der Waals surface area contributed by atoms with Crippen LogP contribution >= 0.6 is 0 Å². The van der Waals surface area contributed by atoms with Crippen LogP contribution in [0.5, 0.6) is 5.75 Å². The molecule has 1 amide bonds. The first-order valence-corrected chi connectivity index (χ1v) is 9.25. The number of nitrogens with zero attached hydrogens (tertiary/aromatic N) is 1. The number of halogens is 7. The number of hydrogen-bond donors (Lipinski definition) is 1. The fourth-order valence-corrected chi connectivity index (χ4v) is 3.69. The highest BCUT2D eigenvalue weighted by atomic mass is 19.4. The summed E-state index contributed by atoms with van der Waals surface area (Å²) in [6.07, 6.45) is -4.27. The lowest BCUT2D eigenvalue weighted by molar-refractivity contribution is -0.272. The van der Waals surface area contributed by atoms with Crippen molar-refractivity contribution in [2.24, 2.45) is 5.92 Å². The maximum Gasteiger partial charge on any atom is 0.417 e. The van der Waals surface area contributed by atoms with Crippen molar-refractivity contribution in [3.8, 4) is 5.75 Å². The average Bonchev–Trinajstić information content (AvgIpc) is 2.99. The van der Waals surface area contributed by atoms with E-state index in [1.165, 1.54) is 24.5 Å². The van der Waals surface area contributed by atoms with Gasteiger partial charge in [-0.3, -0.25) is 9.78 Å². The Balaban J connectivity index is 2.11. The minimum atomic E-state index is -4.98. The van der Waals surface area contributed by atoms with Gasteiger partial charge in [0.2, 0.25) is 5.82 Å². The Hall–Kier alpha value is -2.89. The number of alkyl halides is 5. The summed E-state index contributed by atoms with van der Waals surface area (Å²) in [6, 6.07) is 4.21. The van der Waals surface area contributed by atoms with Gasteiger partial charge in [-0.25, -0.2) is 4.39 Å². The molecule has 0 saturated carbocycles. The molecular formula is C20H17F7N2O3. The first kappa shape index (κ1) is 23.8. The second-order valence-corrected chi connectivity index (χ2v) is 7.35. The molecule has 0 spiro atoms. The quantitative estimate of drug-likeness (QED) is 0.628. The van der Waals surface area contributed by atoms with Crippen LogP contribution in [0.15, 0.2) is 36.7 Å². The average molecular weight is 466 g/mol. The second-order valence-electron chi connectivity index (χ2n) is 7.35. The van der Waals surface area contributed by atoms with Gasteiger partial charge in [-0.2, -0.15) is 26.3 Å². The van der Waals surface area contributed by atoms with E-state index in [9.17, 15) is 35.5 Å². The van der Waals surface area contributed by atoms with E-state index in [-0.39, 0.29) is 5.69 Å². The van der Waals surface area contributed by atoms with Crippen molar-refractivity contribution in [1.82, 2.24) is 4.98 Å². The zero-order valence-electron chi connectivity index (χ0n) is 16.6. The lowest BCUT2D eigenvalue weighted by Crippen LogP contribution is -2.47. The van der Waals surface area contributed by atoms with Gasteiger partial charge in [0.1, 0.15) is 6.10 Å². The molecule has 1 aromatic heterocycles. The fraction of sp³-hybridized carbons (Fsp3) is 0.400. The highest BCUT2D eigenvalue weighted by molar-refractivity contribution is 5.95. The van der Waals surface area contributed by atoms with Crippen LogP contribution in [0.1, 0.15) is 25.3 Å². The summed E-state index contributed by atoms with van der Waals surface area (Å²) in [5.41, 5.74) is -3.33. The van der Waals surface area contributed by atoms with E-state index < -0.39 is 65.2 Å². The van der Waals surface area contributed by atoms with E-state index in [0.29, 0.717) is 13.0 Å². The van der Waals surface area contributed by atoms with Gasteiger partial charge in [-0.15, -0.1) is 0 Å². The molecular weight excluding hydrogens is 449 g/mol. The van der Waals surface area contributed by atoms with Crippen molar-refractivity contribution in [3.05, 3.63) is 53.9 Å². The molecule has 1 fully saturated rings. The third kappa shape index (κ3) is 4.23. The number of aromatic nitrogens is 1. The van der Waals surface area contributed by atoms with E-state index in [1.807, 2.05) is 0 Å². The minimum Gasteiger partial charge on any atom is -0.431 e. The molecule has 32 heavy (non-hydrogen) atoms. The topological polar surface area (TPSA) is 60.5 Å². The fourth-order valence-electron chi connectivity index (χ4n) is 3.69. The lowest BCUT2D eigenvalue weighted by atomic mass is 9.77. The van der Waals surface area contributed by atoms with Crippen molar-refractivity contribution in [2.45, 2.75) is 44.3 Å². The summed E-state index contributed by atoms with van der Waals surface area (Å²) in [4.78, 5) is 16.6. The van der Waals surface area contributed by atoms with Gasteiger partial charge in [0.15, 0.2) is 17.2 Å². The lowest BCUT2D eigenvalue weighted by Gasteiger charge is -2.32. The summed E-state index contributed by atoms with van der Waals surface area (Å²) in [6.45, 7) is -1.84. The van der Waals surface area contributed by atoms with E-state index in [4.69, 9.17) is 4.74 Å². The van der Waals surface area contributed by atoms with E-state index >= 15 is 0 Å². The molecule has 0 aliphatic carbocycles. The molecule has 2 aromatic rings. The number of hydrogen-bond acceptors (Lipinski definition) is 4. The molecule has 1 aliphatic rings. The number of pyridine rings is 1. The van der Waals surface area contributed by atoms with Crippen LogP contribution in [0.4, 0.5) is 36.4 Å². The SMILES string of the molecule is C[C@@H]1[C@H](c2ccc(F)c(F)c2OC(F)F)[C@@H](C(=O)Nc2cccnc2)O[C@]1(C)C(F)(F)F. The van der Waals surface area contributed by atoms with Gasteiger partial charge >= 0.3 is 12.8 Å². The highest BCUT2D eigenvalue weighted by Gasteiger charge is 2.66. The molecule has 1 aliphatic heterocycles. The highest BCUT2D eigenvalue weighted by Crippen LogP contribution is 2.55. The van der Waals surface area contributed by atoms with Crippen molar-refractivity contribution in [2.75, 3.05) is 5.32 Å². The Bertz CT molecular complexity index is 987. The number of anilines is 1. The molecule has 1 N–H and O–H groups in total. The third-order valence-electron chi connectivity index (χ3n) is 5.50. The van der Waals surface area contributed by atoms with E-state index in [2.05, 4.69) is 15.0 Å². The number of ether oxygens (including phenoxy) is 2. The van der Waals surface area contributed by atoms with Crippen LogP contribution in [0.2, 0.25) is 0 Å². The van der Waals surface area contributed by atoms with E-state index in [0.717, 1.165) is 13.0 Å². The normalized spacial score (nSPS) is 25.8. The summed E-state index contributed by atoms with van der Waals surface area (Å²) in [5.74, 6) is -8.89. The van der Waals surface area contributed by atoms with Gasteiger partial charge in [0.25, 0.3) is 5.91 Å². The number of carbonyl (C=O) groups is 1. The van der Waals surface area contributed by atoms with Crippen molar-refractivity contribution >= 4 is 11.6 Å². The Morgan fingerprint density at radius 1 is 1.25 bits per heavy atom. The van der Waals surface area contributed by atoms with E-state index in [1.54, 1.807) is 0 Å². The Kier molecular flexibility index (Phi) is 6.36. The maximum atomic E-state index is 14.3. The van der Waals surface area contributed by atoms with Crippen molar-refractivity contribution < 1.29 is 45.0 Å². The molecule has 1 aromatic carbocycles. The summed E-state index contributed by atoms with van der Waals surface area (Å²) >= 11 is 0. The van der Waals surface area contributed by atoms with Crippen LogP contribution in [-0.4, -0.2) is 35.4 Å². The molecule has 0 unspecified atom stereocenters. The monoisotopic (exact) mass is 466 g/mol. The third-order valence-corrected chi connectivity index (χ3v) is 5.50. The number of amides is 1. The summed E-state index contributed by atoms with van der Waals surface area (Å²) in [5, 5.41) is 2.33. The summed E-state index contributed by atoms with van der Waals surface area (Å²) < 4.78 is 105. The predicted molar refractivity (Wildman–Crippen MR) is 97.1 cm³/mol. The molecule has 1 saturated heterocycles. The molecule has 0 radical (unpaired) electrons. The molecule has 3 rings (SSSR count). The molecule has 0 bridgehead atoms. The summed E-state index contributed by atoms with van der Waals surface area (Å²) in [7, 11) is 0. The largest absolute Gasteiger partial charge is 0.431 e. The molecule has 5 nitrogen and oxygen atoms in total. The van der Waals surface area contributed by atoms with Crippen LogP contribution < -0.4 is 10.1 Å². The van der Waals surface area contributed by atoms with Crippen molar-refractivity contribution in [3.63, 3.8) is 0 Å². The molecule has 4 atom stereocenters. The molecule has 2 heterocycles. The van der Waals surface area contributed by atoms with Crippen LogP contribution in [0.25, 0.3) is 0 Å². The van der Waals surface area contributed by atoms with Crippen LogP contribution in [-0.2, 0) is 9.53 Å². The number of carbonyl (C=O) groups excluding carboxylic acids is 1. The van der Waals surface area contributed by atoms with Gasteiger partial charge in [-0.05, 0) is 25.1 Å². The smallest absolute Gasteiger partial charge is 0.417 e. The molecule has 12 heteroatoms. The minimum absolute atomic E-state index is 0.127. The van der Waals surface area contributed by atoms with Gasteiger partial charge in [0, 0.05) is 23.6 Å². The number of rotatable bonds is 5. The Morgan fingerprint density at radius 2 is 1.94 bits per heavy atom. The van der Waals surface area contributed by atoms with Crippen molar-refractivity contribution in [1.29, 1.82) is 0 Å². The van der Waals surface area contributed by atoms with Gasteiger partial charge < -0.3 is 14.8 Å². The molecule has 174 valence electrons. The standard InChI is InChI=1S/C20H17F7N2O3/c1-9-13(11-5-6-12(21)14(22)15(11)31-18(23)24)16(32-19(9,2)20(25,26)27)17(30)29-10-4-3-7-28-8-10/h3-9,13,16,18H,1-2H3,(H,29,30)/t9-,13-,16+,19+/m1/s1. The first-order chi connectivity index (χ1) is 14.9. The number of benzene rings is 1. The van der Waals surface area contributed by atoms with Gasteiger partial charge in [-0.1, -0.05) is 13.0 Å². The second kappa shape index (κ2) is 8.57. The first-order valence-electron chi connectivity index (χ1n) is 9.25. The van der Waals surface area contributed by atoms with Crippen LogP contribution in [0, 0.1) is 17.6 Å². The van der Waals surface area contributed by atoms with Crippen LogP contribution in [0.3, 0.4) is 0 Å². The zero-order valence-corrected chi connectivity index (χ0v) is 16.6. The Morgan fingerprint density at radius 3 is 2.50 bits per heavy atom. The Labute approximate surface area is 177 Å². The maximum absolute atomic E-state index is 14.3. The van der Waals surface area contributed by atoms with Gasteiger partial charge in [0.05, 0.1) is 11.9 Å². The zero-order chi connectivity index (χ0) is 23.8.